The lowest BCUT2D eigenvalue weighted by molar-refractivity contribution is 0.0485. The zero-order chi connectivity index (χ0) is 17.2. The van der Waals surface area contributed by atoms with Crippen molar-refractivity contribution in [3.63, 3.8) is 0 Å². The summed E-state index contributed by atoms with van der Waals surface area (Å²) in [5.74, 6) is 1.84. The Morgan fingerprint density at radius 1 is 1.61 bits per heavy atom. The van der Waals surface area contributed by atoms with E-state index in [4.69, 9.17) is 9.15 Å². The van der Waals surface area contributed by atoms with Gasteiger partial charge in [0.15, 0.2) is 0 Å². The van der Waals surface area contributed by atoms with E-state index in [9.17, 15) is 9.90 Å². The summed E-state index contributed by atoms with van der Waals surface area (Å²) in [4.78, 5) is 13.9. The van der Waals surface area contributed by atoms with Crippen molar-refractivity contribution in [1.29, 1.82) is 0 Å². The van der Waals surface area contributed by atoms with Crippen molar-refractivity contribution in [2.24, 2.45) is 5.41 Å². The molecule has 23 heavy (non-hydrogen) atoms. The normalized spacial score (nSPS) is 20.7. The molecule has 2 N–H and O–H groups in total. The minimum atomic E-state index is -0.690. The number of carbonyl (C=O) groups is 1. The predicted molar refractivity (Wildman–Crippen MR) is 87.3 cm³/mol. The van der Waals surface area contributed by atoms with Crippen LogP contribution in [0, 0.1) is 12.3 Å². The first-order valence-electron chi connectivity index (χ1n) is 7.99. The fourth-order valence-corrected chi connectivity index (χ4v) is 3.22. The molecule has 2 rings (SSSR count). The van der Waals surface area contributed by atoms with Crippen LogP contribution < -0.4 is 5.32 Å². The lowest BCUT2D eigenvalue weighted by atomic mass is 9.75. The fraction of sp³-hybridized carbons (Fsp3) is 0.706. The number of hydrogen-bond donors (Lipinski definition) is 2. The molecule has 6 nitrogen and oxygen atoms in total. The first-order valence-corrected chi connectivity index (χ1v) is 7.99. The monoisotopic (exact) mass is 324 g/mol. The minimum absolute atomic E-state index is 0.0688. The number of likely N-dealkylation sites (N-methyl/N-ethyl adjacent to an activating group) is 1. The van der Waals surface area contributed by atoms with Crippen molar-refractivity contribution in [2.75, 3.05) is 27.3 Å². The molecule has 0 aliphatic heterocycles. The summed E-state index contributed by atoms with van der Waals surface area (Å²) in [5.41, 5.74) is 1.14. The van der Waals surface area contributed by atoms with Gasteiger partial charge in [-0.1, -0.05) is 13.8 Å². The number of aryl methyl sites for hydroxylation is 1. The molecular formula is C17H28N2O4. The number of hydrogen-bond acceptors (Lipinski definition) is 4. The Balaban J connectivity index is 2.05. The van der Waals surface area contributed by atoms with Crippen LogP contribution in [0.2, 0.25) is 0 Å². The smallest absolute Gasteiger partial charge is 0.317 e. The van der Waals surface area contributed by atoms with E-state index in [1.165, 1.54) is 12.0 Å². The number of fused-ring (bicyclic) bond motifs is 1. The number of nitrogens with zero attached hydrogens (tertiary/aromatic N) is 1. The van der Waals surface area contributed by atoms with Crippen LogP contribution in [0.15, 0.2) is 10.5 Å². The first-order chi connectivity index (χ1) is 10.7. The van der Waals surface area contributed by atoms with Crippen LogP contribution in [0.3, 0.4) is 0 Å². The number of furan rings is 1. The second-order valence-corrected chi connectivity index (χ2v) is 7.27. The van der Waals surface area contributed by atoms with Crippen LogP contribution >= 0.6 is 0 Å². The van der Waals surface area contributed by atoms with E-state index in [1.807, 2.05) is 13.0 Å². The Morgan fingerprint density at radius 3 is 2.96 bits per heavy atom. The Labute approximate surface area is 137 Å². The van der Waals surface area contributed by atoms with Crippen molar-refractivity contribution in [3.8, 4) is 0 Å². The summed E-state index contributed by atoms with van der Waals surface area (Å²) in [5, 5.41) is 12.8. The average Bonchev–Trinajstić information content (AvgIpc) is 2.77. The molecule has 1 aromatic heterocycles. The van der Waals surface area contributed by atoms with Crippen molar-refractivity contribution in [1.82, 2.24) is 10.2 Å². The SMILES string of the molecule is COCC(O)CN(C)C(=O)NC1CC(C)(C)Cc2oc(C)cc21. The number of nitrogens with one attached hydrogen (secondary N) is 1. The van der Waals surface area contributed by atoms with Gasteiger partial charge in [0.05, 0.1) is 25.3 Å². The zero-order valence-electron chi connectivity index (χ0n) is 14.7. The van der Waals surface area contributed by atoms with Crippen LogP contribution in [-0.4, -0.2) is 49.5 Å². The lowest BCUT2D eigenvalue weighted by Crippen LogP contribution is -2.45. The lowest BCUT2D eigenvalue weighted by Gasteiger charge is -2.35. The van der Waals surface area contributed by atoms with Gasteiger partial charge in [-0.25, -0.2) is 4.79 Å². The molecule has 130 valence electrons. The van der Waals surface area contributed by atoms with Gasteiger partial charge in [-0.3, -0.25) is 0 Å². The number of carbonyl (C=O) groups excluding carboxylic acids is 1. The summed E-state index contributed by atoms with van der Waals surface area (Å²) in [6, 6.07) is 1.74. The van der Waals surface area contributed by atoms with E-state index < -0.39 is 6.10 Å². The maximum absolute atomic E-state index is 12.4. The van der Waals surface area contributed by atoms with Gasteiger partial charge in [0.2, 0.25) is 0 Å². The standard InChI is InChI=1S/C17H28N2O4/c1-11-6-13-14(7-17(2,3)8-15(13)23-11)18-16(21)19(4)9-12(20)10-22-5/h6,12,14,20H,7-10H2,1-5H3,(H,18,21). The van der Waals surface area contributed by atoms with Crippen LogP contribution in [-0.2, 0) is 11.2 Å². The highest BCUT2D eigenvalue weighted by atomic mass is 16.5. The van der Waals surface area contributed by atoms with Gasteiger partial charge in [0.1, 0.15) is 11.5 Å². The van der Waals surface area contributed by atoms with Crippen molar-refractivity contribution in [2.45, 2.75) is 45.8 Å². The number of amides is 2. The third-order valence-corrected chi connectivity index (χ3v) is 4.22. The molecule has 0 spiro atoms. The molecule has 6 heteroatoms. The van der Waals surface area contributed by atoms with Crippen LogP contribution in [0.25, 0.3) is 0 Å². The molecule has 0 saturated heterocycles. The van der Waals surface area contributed by atoms with Crippen LogP contribution in [0.5, 0.6) is 0 Å². The van der Waals surface area contributed by atoms with Crippen molar-refractivity contribution < 1.29 is 19.1 Å². The molecule has 0 saturated carbocycles. The van der Waals surface area contributed by atoms with Gasteiger partial charge in [0, 0.05) is 26.1 Å². The van der Waals surface area contributed by atoms with Gasteiger partial charge in [0.25, 0.3) is 0 Å². The Hall–Kier alpha value is -1.53. The van der Waals surface area contributed by atoms with Crippen LogP contribution in [0.1, 0.15) is 43.4 Å². The Morgan fingerprint density at radius 2 is 2.30 bits per heavy atom. The second-order valence-electron chi connectivity index (χ2n) is 7.27. The van der Waals surface area contributed by atoms with Crippen LogP contribution in [0.4, 0.5) is 4.79 Å². The number of aliphatic hydroxyl groups excluding tert-OH is 1. The van der Waals surface area contributed by atoms with E-state index in [1.54, 1.807) is 7.05 Å². The minimum Gasteiger partial charge on any atom is -0.466 e. The third kappa shape index (κ3) is 4.48. The quantitative estimate of drug-likeness (QED) is 0.871. The predicted octanol–water partition coefficient (Wildman–Crippen LogP) is 2.25. The molecule has 1 heterocycles. The number of methoxy groups -OCH3 is 1. The first kappa shape index (κ1) is 17.8. The third-order valence-electron chi connectivity index (χ3n) is 4.22. The molecule has 0 bridgehead atoms. The molecule has 0 fully saturated rings. The summed E-state index contributed by atoms with van der Waals surface area (Å²) < 4.78 is 10.7. The molecule has 1 aliphatic rings. The molecule has 0 radical (unpaired) electrons. The van der Waals surface area contributed by atoms with E-state index in [0.29, 0.717) is 0 Å². The molecule has 0 aromatic carbocycles. The van der Waals surface area contributed by atoms with Gasteiger partial charge >= 0.3 is 6.03 Å². The van der Waals surface area contributed by atoms with Gasteiger partial charge in [-0.15, -0.1) is 0 Å². The van der Waals surface area contributed by atoms with Crippen molar-refractivity contribution >= 4 is 6.03 Å². The van der Waals surface area contributed by atoms with E-state index in [-0.39, 0.29) is 30.6 Å². The Kier molecular flexibility index (Phi) is 5.37. The summed E-state index contributed by atoms with van der Waals surface area (Å²) in [6.45, 7) is 6.72. The second kappa shape index (κ2) is 6.93. The highest BCUT2D eigenvalue weighted by molar-refractivity contribution is 5.74. The summed E-state index contributed by atoms with van der Waals surface area (Å²) in [7, 11) is 3.19. The van der Waals surface area contributed by atoms with Gasteiger partial charge < -0.3 is 24.5 Å². The molecule has 2 atom stereocenters. The Bertz CT molecular complexity index is 553. The molecular weight excluding hydrogens is 296 g/mol. The molecule has 1 aromatic rings. The van der Waals surface area contributed by atoms with Crippen molar-refractivity contribution in [3.05, 3.63) is 23.2 Å². The number of rotatable bonds is 5. The number of ether oxygens (including phenoxy) is 1. The largest absolute Gasteiger partial charge is 0.466 e. The van der Waals surface area contributed by atoms with Gasteiger partial charge in [-0.05, 0) is 24.8 Å². The average molecular weight is 324 g/mol. The summed E-state index contributed by atoms with van der Waals surface area (Å²) >= 11 is 0. The fourth-order valence-electron chi connectivity index (χ4n) is 3.22. The highest BCUT2D eigenvalue weighted by Crippen LogP contribution is 2.42. The topological polar surface area (TPSA) is 74.9 Å². The van der Waals surface area contributed by atoms with E-state index in [0.717, 1.165) is 29.9 Å². The molecule has 1 aliphatic carbocycles. The molecule has 2 amide bonds. The molecule has 2 unspecified atom stereocenters. The highest BCUT2D eigenvalue weighted by Gasteiger charge is 2.36. The maximum atomic E-state index is 12.4. The maximum Gasteiger partial charge on any atom is 0.317 e. The number of aliphatic hydroxyl groups is 1. The van der Waals surface area contributed by atoms with Gasteiger partial charge in [-0.2, -0.15) is 0 Å². The summed E-state index contributed by atoms with van der Waals surface area (Å²) in [6.07, 6.45) is 1.05. The van der Waals surface area contributed by atoms with E-state index in [2.05, 4.69) is 19.2 Å². The van der Waals surface area contributed by atoms with E-state index >= 15 is 0 Å². The zero-order valence-corrected chi connectivity index (χ0v) is 14.7. The number of urea groups is 1.